The molecule has 0 aliphatic heterocycles. The summed E-state index contributed by atoms with van der Waals surface area (Å²) in [5.74, 6) is 0.316. The van der Waals surface area contributed by atoms with Crippen LogP contribution in [-0.4, -0.2) is 47.1 Å². The second-order valence-electron chi connectivity index (χ2n) is 7.11. The number of halogens is 1. The van der Waals surface area contributed by atoms with E-state index in [-0.39, 0.29) is 19.0 Å². The monoisotopic (exact) mass is 521 g/mol. The molecule has 9 heteroatoms. The number of carbonyl (C=O) groups is 2. The topological polar surface area (TPSA) is 92.5 Å². The second-order valence-corrected chi connectivity index (χ2v) is 7.96. The molecule has 0 amide bonds. The molecule has 0 aliphatic rings. The number of carbonyl (C=O) groups excluding carboxylic acids is 2. The van der Waals surface area contributed by atoms with Gasteiger partial charge in [0.2, 0.25) is 0 Å². The Morgan fingerprint density at radius 3 is 2.38 bits per heavy atom. The van der Waals surface area contributed by atoms with Gasteiger partial charge in [0, 0.05) is 11.1 Å². The molecular weight excluding hydrogens is 502 g/mol. The van der Waals surface area contributed by atoms with Crippen molar-refractivity contribution in [3.8, 4) is 28.4 Å². The average molecular weight is 522 g/mol. The molecule has 0 aliphatic carbocycles. The number of rotatable bonds is 9. The van der Waals surface area contributed by atoms with Crippen molar-refractivity contribution in [3.63, 3.8) is 0 Å². The highest BCUT2D eigenvalue weighted by molar-refractivity contribution is 9.10. The number of esters is 1. The van der Waals surface area contributed by atoms with E-state index in [2.05, 4.69) is 26.2 Å². The van der Waals surface area contributed by atoms with E-state index >= 15 is 0 Å². The number of hydrogen-bond acceptors (Lipinski definition) is 7. The molecule has 4 rings (SSSR count). The fourth-order valence-corrected chi connectivity index (χ4v) is 3.54. The van der Waals surface area contributed by atoms with E-state index in [1.54, 1.807) is 60.5 Å². The van der Waals surface area contributed by atoms with Crippen LogP contribution in [0.3, 0.4) is 0 Å². The zero-order valence-electron chi connectivity index (χ0n) is 18.2. The molecule has 0 bridgehead atoms. The Morgan fingerprint density at radius 1 is 0.941 bits per heavy atom. The van der Waals surface area contributed by atoms with Gasteiger partial charge in [-0.05, 0) is 76.6 Å². The van der Waals surface area contributed by atoms with Crippen LogP contribution in [0.25, 0.3) is 16.9 Å². The lowest BCUT2D eigenvalue weighted by Crippen LogP contribution is -2.19. The minimum atomic E-state index is -0.632. The molecule has 0 unspecified atom stereocenters. The standard InChI is InChI=1S/C25H20BrN3O5/c1-32-20-12-8-17(9-13-20)22-14-27-28-29(22)19-10-6-18(7-11-19)23(30)15-34-25(31)16-33-24-5-3-2-4-21(24)26/h2-14H,15-16H2,1H3. The number of nitrogens with zero attached hydrogens (tertiary/aromatic N) is 3. The van der Waals surface area contributed by atoms with Gasteiger partial charge in [-0.3, -0.25) is 4.79 Å². The zero-order chi connectivity index (χ0) is 23.9. The Morgan fingerprint density at radius 2 is 1.68 bits per heavy atom. The van der Waals surface area contributed by atoms with E-state index in [0.29, 0.717) is 11.3 Å². The largest absolute Gasteiger partial charge is 0.497 e. The Bertz CT molecular complexity index is 1290. The number of ketones is 1. The number of methoxy groups -OCH3 is 1. The SMILES string of the molecule is COc1ccc(-c2cnnn2-c2ccc(C(=O)COC(=O)COc3ccccc3Br)cc2)cc1. The maximum Gasteiger partial charge on any atom is 0.344 e. The predicted molar refractivity (Wildman–Crippen MR) is 128 cm³/mol. The Labute approximate surface area is 204 Å². The van der Waals surface area contributed by atoms with Crippen molar-refractivity contribution in [2.24, 2.45) is 0 Å². The summed E-state index contributed by atoms with van der Waals surface area (Å²) in [6, 6.07) is 21.5. The molecule has 0 N–H and O–H groups in total. The van der Waals surface area contributed by atoms with Gasteiger partial charge in [0.15, 0.2) is 19.0 Å². The average Bonchev–Trinajstić information content (AvgIpc) is 3.37. The fourth-order valence-electron chi connectivity index (χ4n) is 3.14. The molecule has 0 saturated heterocycles. The van der Waals surface area contributed by atoms with Crippen molar-refractivity contribution in [3.05, 3.63) is 89.0 Å². The molecule has 1 heterocycles. The molecule has 1 aromatic heterocycles. The molecule has 0 fully saturated rings. The van der Waals surface area contributed by atoms with Crippen molar-refractivity contribution < 1.29 is 23.8 Å². The highest BCUT2D eigenvalue weighted by Crippen LogP contribution is 2.25. The number of benzene rings is 3. The number of hydrogen-bond donors (Lipinski definition) is 0. The summed E-state index contributed by atoms with van der Waals surface area (Å²) >= 11 is 3.34. The minimum Gasteiger partial charge on any atom is -0.497 e. The summed E-state index contributed by atoms with van der Waals surface area (Å²) < 4.78 is 18.0. The summed E-state index contributed by atoms with van der Waals surface area (Å²) in [5, 5.41) is 8.17. The molecule has 0 spiro atoms. The summed E-state index contributed by atoms with van der Waals surface area (Å²) in [6.45, 7) is -0.673. The first-order chi connectivity index (χ1) is 16.5. The van der Waals surface area contributed by atoms with Crippen LogP contribution < -0.4 is 9.47 Å². The lowest BCUT2D eigenvalue weighted by Gasteiger charge is -2.09. The number of aromatic nitrogens is 3. The second kappa shape index (κ2) is 10.8. The van der Waals surface area contributed by atoms with Gasteiger partial charge in [0.25, 0.3) is 0 Å². The van der Waals surface area contributed by atoms with Gasteiger partial charge in [0.05, 0.1) is 29.2 Å². The van der Waals surface area contributed by atoms with Crippen molar-refractivity contribution in [1.82, 2.24) is 15.0 Å². The van der Waals surface area contributed by atoms with E-state index in [4.69, 9.17) is 14.2 Å². The van der Waals surface area contributed by atoms with Gasteiger partial charge in [-0.15, -0.1) is 5.10 Å². The lowest BCUT2D eigenvalue weighted by molar-refractivity contribution is -0.144. The van der Waals surface area contributed by atoms with Crippen LogP contribution in [0.1, 0.15) is 10.4 Å². The Kier molecular flexibility index (Phi) is 7.34. The maximum atomic E-state index is 12.5. The maximum absolute atomic E-state index is 12.5. The highest BCUT2D eigenvalue weighted by atomic mass is 79.9. The van der Waals surface area contributed by atoms with Crippen LogP contribution >= 0.6 is 15.9 Å². The first-order valence-electron chi connectivity index (χ1n) is 10.3. The van der Waals surface area contributed by atoms with Gasteiger partial charge in [-0.2, -0.15) is 0 Å². The predicted octanol–water partition coefficient (Wildman–Crippen LogP) is 4.51. The van der Waals surface area contributed by atoms with Crippen LogP contribution in [0.2, 0.25) is 0 Å². The van der Waals surface area contributed by atoms with Gasteiger partial charge in [0.1, 0.15) is 11.5 Å². The van der Waals surface area contributed by atoms with Crippen LogP contribution in [0.15, 0.2) is 83.5 Å². The molecule has 34 heavy (non-hydrogen) atoms. The molecule has 4 aromatic rings. The lowest BCUT2D eigenvalue weighted by atomic mass is 10.1. The summed E-state index contributed by atoms with van der Waals surface area (Å²) in [4.78, 5) is 24.4. The van der Waals surface area contributed by atoms with Gasteiger partial charge < -0.3 is 14.2 Å². The third-order valence-corrected chi connectivity index (χ3v) is 5.57. The van der Waals surface area contributed by atoms with E-state index in [1.165, 1.54) is 0 Å². The number of ether oxygens (including phenoxy) is 3. The van der Waals surface area contributed by atoms with E-state index in [9.17, 15) is 9.59 Å². The molecule has 0 radical (unpaired) electrons. The quantitative estimate of drug-likeness (QED) is 0.236. The third kappa shape index (κ3) is 5.49. The molecular formula is C25H20BrN3O5. The minimum absolute atomic E-state index is 0.296. The van der Waals surface area contributed by atoms with Crippen LogP contribution in [0.4, 0.5) is 0 Å². The fraction of sp³-hybridized carbons (Fsp3) is 0.120. The van der Waals surface area contributed by atoms with Crippen molar-refractivity contribution in [2.75, 3.05) is 20.3 Å². The van der Waals surface area contributed by atoms with E-state index in [0.717, 1.165) is 27.2 Å². The smallest absolute Gasteiger partial charge is 0.344 e. The Balaban J connectivity index is 1.35. The normalized spacial score (nSPS) is 10.5. The van der Waals surface area contributed by atoms with Crippen molar-refractivity contribution in [2.45, 2.75) is 0 Å². The summed E-state index contributed by atoms with van der Waals surface area (Å²) in [5.41, 5.74) is 2.86. The van der Waals surface area contributed by atoms with Gasteiger partial charge >= 0.3 is 5.97 Å². The van der Waals surface area contributed by atoms with Crippen LogP contribution in [-0.2, 0) is 9.53 Å². The van der Waals surface area contributed by atoms with Gasteiger partial charge in [-0.1, -0.05) is 17.3 Å². The third-order valence-electron chi connectivity index (χ3n) is 4.92. The summed E-state index contributed by atoms with van der Waals surface area (Å²) in [6.07, 6.45) is 1.66. The van der Waals surface area contributed by atoms with E-state index < -0.39 is 5.97 Å². The molecule has 8 nitrogen and oxygen atoms in total. The summed E-state index contributed by atoms with van der Waals surface area (Å²) in [7, 11) is 1.61. The van der Waals surface area contributed by atoms with Crippen molar-refractivity contribution >= 4 is 27.7 Å². The number of Topliss-reactive ketones (excluding diaryl/α,β-unsaturated/α-hetero) is 1. The zero-order valence-corrected chi connectivity index (χ0v) is 19.8. The van der Waals surface area contributed by atoms with Gasteiger partial charge in [-0.25, -0.2) is 9.48 Å². The highest BCUT2D eigenvalue weighted by Gasteiger charge is 2.13. The molecule has 172 valence electrons. The van der Waals surface area contributed by atoms with Crippen LogP contribution in [0, 0.1) is 0 Å². The van der Waals surface area contributed by atoms with Crippen LogP contribution in [0.5, 0.6) is 11.5 Å². The van der Waals surface area contributed by atoms with Crippen molar-refractivity contribution in [1.29, 1.82) is 0 Å². The number of para-hydroxylation sites is 1. The molecule has 0 saturated carbocycles. The Hall–Kier alpha value is -3.98. The molecule has 0 atom stereocenters. The first-order valence-corrected chi connectivity index (χ1v) is 11.1. The first kappa shape index (κ1) is 23.2. The van der Waals surface area contributed by atoms with E-state index in [1.807, 2.05) is 30.3 Å². The molecule has 3 aromatic carbocycles.